The molecular weight excluding hydrogens is 210 g/mol. The van der Waals surface area contributed by atoms with Gasteiger partial charge in [0.2, 0.25) is 5.01 Å². The Morgan fingerprint density at radius 3 is 2.93 bits per heavy atom. The third kappa shape index (κ3) is 1.95. The first kappa shape index (κ1) is 9.62. The average Bonchev–Trinajstić information content (AvgIpc) is 2.78. The van der Waals surface area contributed by atoms with Gasteiger partial charge in [-0.3, -0.25) is 0 Å². The molecule has 74 valence electrons. The molecule has 15 heavy (non-hydrogen) atoms. The highest BCUT2D eigenvalue weighted by Gasteiger charge is 2.06. The molecule has 0 atom stereocenters. The Labute approximate surface area is 90.8 Å². The number of hydrogen-bond acceptors (Lipinski definition) is 5. The molecule has 0 amide bonds. The van der Waals surface area contributed by atoms with Crippen LogP contribution >= 0.6 is 11.3 Å². The quantitative estimate of drug-likeness (QED) is 0.772. The highest BCUT2D eigenvalue weighted by atomic mass is 32.1. The Morgan fingerprint density at radius 1 is 1.40 bits per heavy atom. The highest BCUT2D eigenvalue weighted by molar-refractivity contribution is 7.15. The summed E-state index contributed by atoms with van der Waals surface area (Å²) in [6, 6.07) is 9.46. The largest absolute Gasteiger partial charge is 0.497 e. The first-order valence-corrected chi connectivity index (χ1v) is 5.03. The van der Waals surface area contributed by atoms with Crippen molar-refractivity contribution < 1.29 is 4.74 Å². The third-order valence-corrected chi connectivity index (χ3v) is 2.71. The summed E-state index contributed by atoms with van der Waals surface area (Å²) in [4.78, 5) is 0. The zero-order valence-electron chi connectivity index (χ0n) is 7.97. The number of methoxy groups -OCH3 is 1. The van der Waals surface area contributed by atoms with Crippen LogP contribution < -0.4 is 4.74 Å². The second kappa shape index (κ2) is 4.07. The van der Waals surface area contributed by atoms with Gasteiger partial charge in [0.1, 0.15) is 16.8 Å². The molecule has 1 heterocycles. The Hall–Kier alpha value is -1.93. The fourth-order valence-electron chi connectivity index (χ4n) is 1.14. The third-order valence-electron chi connectivity index (χ3n) is 1.84. The van der Waals surface area contributed by atoms with Crippen molar-refractivity contribution in [2.75, 3.05) is 7.11 Å². The predicted octanol–water partition coefficient (Wildman–Crippen LogP) is 2.09. The van der Waals surface area contributed by atoms with E-state index in [2.05, 4.69) is 10.2 Å². The normalized spacial score (nSPS) is 9.60. The van der Waals surface area contributed by atoms with Crippen LogP contribution in [-0.2, 0) is 0 Å². The summed E-state index contributed by atoms with van der Waals surface area (Å²) in [7, 11) is 1.61. The molecule has 1 aromatic heterocycles. The smallest absolute Gasteiger partial charge is 0.218 e. The van der Waals surface area contributed by atoms with Crippen molar-refractivity contribution in [2.24, 2.45) is 0 Å². The molecule has 2 aromatic rings. The Balaban J connectivity index is 2.41. The fraction of sp³-hybridized carbons (Fsp3) is 0.100. The summed E-state index contributed by atoms with van der Waals surface area (Å²) in [6.45, 7) is 0. The van der Waals surface area contributed by atoms with Crippen LogP contribution in [0.4, 0.5) is 0 Å². The zero-order valence-corrected chi connectivity index (χ0v) is 8.78. The predicted molar refractivity (Wildman–Crippen MR) is 56.6 cm³/mol. The SMILES string of the molecule is COc1cccc(-c2nnc(C#N)s2)c1. The van der Waals surface area contributed by atoms with Crippen LogP contribution in [0.5, 0.6) is 5.75 Å². The first-order chi connectivity index (χ1) is 7.33. The fourth-order valence-corrected chi connectivity index (χ4v) is 1.78. The van der Waals surface area contributed by atoms with Crippen molar-refractivity contribution in [1.29, 1.82) is 5.26 Å². The molecule has 0 unspecified atom stereocenters. The van der Waals surface area contributed by atoms with Gasteiger partial charge in [-0.1, -0.05) is 23.5 Å². The maximum Gasteiger partial charge on any atom is 0.218 e. The summed E-state index contributed by atoms with van der Waals surface area (Å²) in [6.07, 6.45) is 0. The van der Waals surface area contributed by atoms with Crippen molar-refractivity contribution in [3.05, 3.63) is 29.3 Å². The van der Waals surface area contributed by atoms with Gasteiger partial charge in [-0.25, -0.2) is 0 Å². The number of nitrogens with zero attached hydrogens (tertiary/aromatic N) is 3. The first-order valence-electron chi connectivity index (χ1n) is 4.21. The van der Waals surface area contributed by atoms with Crippen LogP contribution in [0, 0.1) is 11.3 Å². The molecule has 2 rings (SSSR count). The minimum atomic E-state index is 0.368. The minimum absolute atomic E-state index is 0.368. The molecule has 0 N–H and O–H groups in total. The minimum Gasteiger partial charge on any atom is -0.497 e. The molecule has 0 radical (unpaired) electrons. The van der Waals surface area contributed by atoms with Crippen LogP contribution in [0.2, 0.25) is 0 Å². The maximum atomic E-state index is 8.63. The van der Waals surface area contributed by atoms with E-state index in [-0.39, 0.29) is 0 Å². The number of benzene rings is 1. The van der Waals surface area contributed by atoms with E-state index < -0.39 is 0 Å². The molecule has 1 aromatic carbocycles. The van der Waals surface area contributed by atoms with Crippen molar-refractivity contribution >= 4 is 11.3 Å². The van der Waals surface area contributed by atoms with Crippen LogP contribution in [-0.4, -0.2) is 17.3 Å². The summed E-state index contributed by atoms with van der Waals surface area (Å²) < 4.78 is 5.10. The van der Waals surface area contributed by atoms with E-state index in [1.165, 1.54) is 11.3 Å². The number of ether oxygens (including phenoxy) is 1. The molecule has 0 aliphatic carbocycles. The van der Waals surface area contributed by atoms with Gasteiger partial charge in [0.05, 0.1) is 7.11 Å². The number of hydrogen-bond donors (Lipinski definition) is 0. The molecule has 0 aliphatic rings. The van der Waals surface area contributed by atoms with Crippen molar-refractivity contribution in [3.8, 4) is 22.4 Å². The summed E-state index contributed by atoms with van der Waals surface area (Å²) in [5.41, 5.74) is 0.911. The molecule has 0 saturated carbocycles. The number of nitriles is 1. The van der Waals surface area contributed by atoms with E-state index in [9.17, 15) is 0 Å². The van der Waals surface area contributed by atoms with Gasteiger partial charge in [0.25, 0.3) is 0 Å². The van der Waals surface area contributed by atoms with Crippen molar-refractivity contribution in [3.63, 3.8) is 0 Å². The number of rotatable bonds is 2. The lowest BCUT2D eigenvalue weighted by molar-refractivity contribution is 0.415. The van der Waals surface area contributed by atoms with Gasteiger partial charge in [0.15, 0.2) is 0 Å². The highest BCUT2D eigenvalue weighted by Crippen LogP contribution is 2.26. The van der Waals surface area contributed by atoms with E-state index in [1.807, 2.05) is 30.3 Å². The summed E-state index contributed by atoms with van der Waals surface area (Å²) in [5.74, 6) is 0.765. The van der Waals surface area contributed by atoms with E-state index in [4.69, 9.17) is 10.00 Å². The molecule has 0 aliphatic heterocycles. The van der Waals surface area contributed by atoms with Gasteiger partial charge < -0.3 is 4.74 Å². The summed E-state index contributed by atoms with van der Waals surface area (Å²) >= 11 is 1.27. The summed E-state index contributed by atoms with van der Waals surface area (Å²) in [5, 5.41) is 17.4. The van der Waals surface area contributed by atoms with Gasteiger partial charge in [-0.15, -0.1) is 10.2 Å². The lowest BCUT2D eigenvalue weighted by Crippen LogP contribution is -1.83. The molecule has 5 heteroatoms. The lowest BCUT2D eigenvalue weighted by Gasteiger charge is -2.00. The maximum absolute atomic E-state index is 8.63. The Morgan fingerprint density at radius 2 is 2.27 bits per heavy atom. The molecule has 4 nitrogen and oxygen atoms in total. The average molecular weight is 217 g/mol. The topological polar surface area (TPSA) is 58.8 Å². The molecular formula is C10H7N3OS. The van der Waals surface area contributed by atoms with Crippen LogP contribution in [0.25, 0.3) is 10.6 Å². The molecule has 0 saturated heterocycles. The van der Waals surface area contributed by atoms with Crippen LogP contribution in [0.15, 0.2) is 24.3 Å². The second-order valence-electron chi connectivity index (χ2n) is 2.76. The monoisotopic (exact) mass is 217 g/mol. The van der Waals surface area contributed by atoms with Gasteiger partial charge >= 0.3 is 0 Å². The van der Waals surface area contributed by atoms with Gasteiger partial charge in [0, 0.05) is 5.56 Å². The zero-order chi connectivity index (χ0) is 10.7. The number of aromatic nitrogens is 2. The van der Waals surface area contributed by atoms with Crippen LogP contribution in [0.1, 0.15) is 5.01 Å². The van der Waals surface area contributed by atoms with Crippen LogP contribution in [0.3, 0.4) is 0 Å². The van der Waals surface area contributed by atoms with E-state index in [0.29, 0.717) is 5.01 Å². The van der Waals surface area contributed by atoms with Crippen molar-refractivity contribution in [2.45, 2.75) is 0 Å². The van der Waals surface area contributed by atoms with E-state index >= 15 is 0 Å². The Kier molecular flexibility index (Phi) is 2.61. The lowest BCUT2D eigenvalue weighted by atomic mass is 10.2. The van der Waals surface area contributed by atoms with Gasteiger partial charge in [-0.2, -0.15) is 5.26 Å². The van der Waals surface area contributed by atoms with E-state index in [1.54, 1.807) is 7.11 Å². The molecule has 0 spiro atoms. The van der Waals surface area contributed by atoms with Gasteiger partial charge in [-0.05, 0) is 12.1 Å². The van der Waals surface area contributed by atoms with Crippen molar-refractivity contribution in [1.82, 2.24) is 10.2 Å². The molecule has 0 fully saturated rings. The van der Waals surface area contributed by atoms with E-state index in [0.717, 1.165) is 16.3 Å². The molecule has 0 bridgehead atoms. The second-order valence-corrected chi connectivity index (χ2v) is 3.73. The standard InChI is InChI=1S/C10H7N3OS/c1-14-8-4-2-3-7(5-8)10-13-12-9(6-11)15-10/h2-5H,1H3. The Bertz CT molecular complexity index is 515.